The molecule has 6 heteroatoms. The van der Waals surface area contributed by atoms with Gasteiger partial charge in [0.2, 0.25) is 10.0 Å². The molecule has 0 radical (unpaired) electrons. The first-order valence-corrected chi connectivity index (χ1v) is 7.80. The zero-order valence-corrected chi connectivity index (χ0v) is 11.8. The van der Waals surface area contributed by atoms with Gasteiger partial charge in [0.05, 0.1) is 11.3 Å². The summed E-state index contributed by atoms with van der Waals surface area (Å²) in [5, 5.41) is 2.44. The molecule has 1 aromatic rings. The molecule has 1 atom stereocenters. The van der Waals surface area contributed by atoms with Crippen molar-refractivity contribution in [3.63, 3.8) is 0 Å². The highest BCUT2D eigenvalue weighted by Gasteiger charge is 2.28. The van der Waals surface area contributed by atoms with Gasteiger partial charge in [-0.15, -0.1) is 0 Å². The monoisotopic (exact) mass is 282 g/mol. The van der Waals surface area contributed by atoms with Gasteiger partial charge < -0.3 is 5.32 Å². The number of sulfonamides is 1. The summed E-state index contributed by atoms with van der Waals surface area (Å²) in [6.45, 7) is 3.66. The van der Waals surface area contributed by atoms with Crippen LogP contribution in [0.1, 0.15) is 25.0 Å². The zero-order valence-electron chi connectivity index (χ0n) is 11.0. The van der Waals surface area contributed by atoms with Crippen LogP contribution in [-0.4, -0.2) is 25.6 Å². The molecule has 5 nitrogen and oxygen atoms in total. The van der Waals surface area contributed by atoms with Gasteiger partial charge in [0, 0.05) is 6.54 Å². The van der Waals surface area contributed by atoms with E-state index < -0.39 is 27.2 Å². The van der Waals surface area contributed by atoms with Gasteiger partial charge in [-0.25, -0.2) is 8.42 Å². The summed E-state index contributed by atoms with van der Waals surface area (Å²) in [5.41, 5.74) is 2.24. The van der Waals surface area contributed by atoms with E-state index in [9.17, 15) is 13.2 Å². The van der Waals surface area contributed by atoms with E-state index in [1.807, 2.05) is 24.3 Å². The number of rotatable bonds is 3. The molecule has 1 amide bonds. The van der Waals surface area contributed by atoms with E-state index in [0.717, 1.165) is 11.1 Å². The lowest BCUT2D eigenvalue weighted by Crippen LogP contribution is -2.50. The Hall–Kier alpha value is -1.40. The second-order valence-corrected chi connectivity index (χ2v) is 7.20. The number of amides is 1. The average Bonchev–Trinajstić information content (AvgIpc) is 2.37. The van der Waals surface area contributed by atoms with Crippen molar-refractivity contribution in [3.05, 3.63) is 35.4 Å². The first-order valence-electron chi connectivity index (χ1n) is 6.26. The smallest absolute Gasteiger partial charge is 0.250 e. The van der Waals surface area contributed by atoms with Gasteiger partial charge in [-0.05, 0) is 31.4 Å². The van der Waals surface area contributed by atoms with Gasteiger partial charge in [0.1, 0.15) is 0 Å². The lowest BCUT2D eigenvalue weighted by Gasteiger charge is -2.25. The first kappa shape index (κ1) is 14.0. The van der Waals surface area contributed by atoms with E-state index in [4.69, 9.17) is 0 Å². The molecular weight excluding hydrogens is 264 g/mol. The number of nitrogens with one attached hydrogen (secondary N) is 2. The summed E-state index contributed by atoms with van der Waals surface area (Å²) in [6, 6.07) is 7.34. The van der Waals surface area contributed by atoms with Crippen LogP contribution in [0.3, 0.4) is 0 Å². The summed E-state index contributed by atoms with van der Waals surface area (Å²) >= 11 is 0. The number of carbonyl (C=O) groups excluding carboxylic acids is 1. The molecule has 19 heavy (non-hydrogen) atoms. The summed E-state index contributed by atoms with van der Waals surface area (Å²) in [6.07, 6.45) is 0.510. The van der Waals surface area contributed by atoms with Crippen molar-refractivity contribution in [1.82, 2.24) is 10.0 Å². The molecule has 1 aliphatic heterocycles. The van der Waals surface area contributed by atoms with Gasteiger partial charge >= 0.3 is 0 Å². The van der Waals surface area contributed by atoms with Crippen LogP contribution in [0.5, 0.6) is 0 Å². The maximum atomic E-state index is 12.0. The van der Waals surface area contributed by atoms with Crippen molar-refractivity contribution < 1.29 is 13.2 Å². The SMILES string of the molecule is CC(C)S(=O)(=O)NC(=O)C1Cc2ccccc2CN1. The van der Waals surface area contributed by atoms with Crippen molar-refractivity contribution in [2.45, 2.75) is 38.1 Å². The third-order valence-electron chi connectivity index (χ3n) is 3.26. The van der Waals surface area contributed by atoms with Gasteiger partial charge in [0.25, 0.3) is 5.91 Å². The highest BCUT2D eigenvalue weighted by Crippen LogP contribution is 2.16. The Morgan fingerprint density at radius 1 is 1.32 bits per heavy atom. The molecule has 0 saturated heterocycles. The highest BCUT2D eigenvalue weighted by molar-refractivity contribution is 7.90. The Morgan fingerprint density at radius 3 is 2.58 bits per heavy atom. The number of hydrogen-bond acceptors (Lipinski definition) is 4. The maximum Gasteiger partial charge on any atom is 0.250 e. The Kier molecular flexibility index (Phi) is 3.91. The molecule has 1 unspecified atom stereocenters. The van der Waals surface area contributed by atoms with Gasteiger partial charge in [0.15, 0.2) is 0 Å². The summed E-state index contributed by atoms with van der Waals surface area (Å²) < 4.78 is 25.5. The maximum absolute atomic E-state index is 12.0. The van der Waals surface area contributed by atoms with Crippen molar-refractivity contribution in [2.75, 3.05) is 0 Å². The molecule has 1 aliphatic rings. The van der Waals surface area contributed by atoms with E-state index in [0.29, 0.717) is 13.0 Å². The molecule has 2 rings (SSSR count). The molecule has 0 aliphatic carbocycles. The molecule has 0 saturated carbocycles. The number of carbonyl (C=O) groups is 1. The van der Waals surface area contributed by atoms with Crippen LogP contribution in [0.4, 0.5) is 0 Å². The minimum Gasteiger partial charge on any atom is -0.301 e. The lowest BCUT2D eigenvalue weighted by atomic mass is 9.96. The molecule has 2 N–H and O–H groups in total. The van der Waals surface area contributed by atoms with Crippen molar-refractivity contribution in [2.24, 2.45) is 0 Å². The number of benzene rings is 1. The van der Waals surface area contributed by atoms with Crippen molar-refractivity contribution in [1.29, 1.82) is 0 Å². The first-order chi connectivity index (χ1) is 8.90. The Morgan fingerprint density at radius 2 is 1.95 bits per heavy atom. The Balaban J connectivity index is 2.08. The predicted octanol–water partition coefficient (Wildman–Crippen LogP) is 0.555. The molecule has 0 spiro atoms. The van der Waals surface area contributed by atoms with E-state index in [2.05, 4.69) is 10.0 Å². The van der Waals surface area contributed by atoms with Crippen LogP contribution < -0.4 is 10.0 Å². The number of hydrogen-bond donors (Lipinski definition) is 2. The largest absolute Gasteiger partial charge is 0.301 e. The molecule has 104 valence electrons. The zero-order chi connectivity index (χ0) is 14.0. The molecular formula is C13H18N2O3S. The van der Waals surface area contributed by atoms with Crippen LogP contribution in [0, 0.1) is 0 Å². The van der Waals surface area contributed by atoms with Crippen LogP contribution >= 0.6 is 0 Å². The fourth-order valence-electron chi connectivity index (χ4n) is 1.97. The predicted molar refractivity (Wildman–Crippen MR) is 73.0 cm³/mol. The number of fused-ring (bicyclic) bond motifs is 1. The van der Waals surface area contributed by atoms with Crippen LogP contribution in [0.2, 0.25) is 0 Å². The van der Waals surface area contributed by atoms with Crippen LogP contribution in [0.25, 0.3) is 0 Å². The van der Waals surface area contributed by atoms with E-state index in [-0.39, 0.29) is 0 Å². The molecule has 0 aromatic heterocycles. The van der Waals surface area contributed by atoms with Gasteiger partial charge in [-0.2, -0.15) is 0 Å². The molecule has 0 fully saturated rings. The minimum atomic E-state index is -3.56. The fraction of sp³-hybridized carbons (Fsp3) is 0.462. The Bertz CT molecular complexity index is 581. The minimum absolute atomic E-state index is 0.483. The lowest BCUT2D eigenvalue weighted by molar-refractivity contribution is -0.121. The van der Waals surface area contributed by atoms with Crippen LogP contribution in [0.15, 0.2) is 24.3 Å². The normalized spacial score (nSPS) is 19.0. The van der Waals surface area contributed by atoms with Crippen molar-refractivity contribution >= 4 is 15.9 Å². The Labute approximate surface area is 113 Å². The van der Waals surface area contributed by atoms with E-state index in [1.165, 1.54) is 0 Å². The van der Waals surface area contributed by atoms with Crippen LogP contribution in [-0.2, 0) is 27.8 Å². The standard InChI is InChI=1S/C13H18N2O3S/c1-9(2)19(17,18)15-13(16)12-7-10-5-3-4-6-11(10)8-14-12/h3-6,9,12,14H,7-8H2,1-2H3,(H,15,16). The third-order valence-corrected chi connectivity index (χ3v) is 4.99. The summed E-state index contributed by atoms with van der Waals surface area (Å²) in [4.78, 5) is 12.0. The second-order valence-electron chi connectivity index (χ2n) is 4.97. The van der Waals surface area contributed by atoms with E-state index in [1.54, 1.807) is 13.8 Å². The third kappa shape index (κ3) is 3.13. The average molecular weight is 282 g/mol. The quantitative estimate of drug-likeness (QED) is 0.849. The van der Waals surface area contributed by atoms with Crippen molar-refractivity contribution in [3.8, 4) is 0 Å². The molecule has 1 heterocycles. The summed E-state index contributed by atoms with van der Waals surface area (Å²) in [7, 11) is -3.56. The van der Waals surface area contributed by atoms with E-state index >= 15 is 0 Å². The molecule has 1 aromatic carbocycles. The van der Waals surface area contributed by atoms with Gasteiger partial charge in [-0.3, -0.25) is 9.52 Å². The molecule has 0 bridgehead atoms. The van der Waals surface area contributed by atoms with Gasteiger partial charge in [-0.1, -0.05) is 24.3 Å². The second kappa shape index (κ2) is 5.30. The summed E-state index contributed by atoms with van der Waals surface area (Å²) in [5.74, 6) is -0.483. The fourth-order valence-corrected chi connectivity index (χ4v) is 2.63. The highest BCUT2D eigenvalue weighted by atomic mass is 32.2. The topological polar surface area (TPSA) is 75.3 Å².